The second kappa shape index (κ2) is 8.42. The fourth-order valence-corrected chi connectivity index (χ4v) is 4.17. The van der Waals surface area contributed by atoms with E-state index in [2.05, 4.69) is 49.4 Å². The third kappa shape index (κ3) is 5.00. The van der Waals surface area contributed by atoms with Crippen molar-refractivity contribution >= 4 is 5.82 Å². The molecule has 1 aliphatic carbocycles. The smallest absolute Gasteiger partial charge is 0.206 e. The molecule has 26 heavy (non-hydrogen) atoms. The lowest BCUT2D eigenvalue weighted by Crippen LogP contribution is -2.36. The third-order valence-corrected chi connectivity index (χ3v) is 6.55. The molecule has 0 atom stereocenters. The van der Waals surface area contributed by atoms with E-state index in [1.165, 1.54) is 38.5 Å². The highest BCUT2D eigenvalue weighted by Gasteiger charge is 2.31. The van der Waals surface area contributed by atoms with Gasteiger partial charge in [-0.05, 0) is 82.1 Å². The zero-order chi connectivity index (χ0) is 18.6. The molecule has 0 amide bonds. The zero-order valence-electron chi connectivity index (χ0n) is 17.1. The molecule has 1 aliphatic heterocycles. The lowest BCUT2D eigenvalue weighted by atomic mass is 9.69. The van der Waals surface area contributed by atoms with Gasteiger partial charge in [-0.25, -0.2) is 9.97 Å². The Morgan fingerprint density at radius 1 is 1.12 bits per heavy atom. The van der Waals surface area contributed by atoms with Gasteiger partial charge in [0.15, 0.2) is 0 Å². The van der Waals surface area contributed by atoms with Gasteiger partial charge in [0.05, 0.1) is 0 Å². The van der Waals surface area contributed by atoms with E-state index in [9.17, 15) is 0 Å². The summed E-state index contributed by atoms with van der Waals surface area (Å²) in [6.45, 7) is 11.1. The number of aromatic nitrogens is 2. The van der Waals surface area contributed by atoms with Crippen molar-refractivity contribution in [2.45, 2.75) is 72.6 Å². The summed E-state index contributed by atoms with van der Waals surface area (Å²) in [6, 6.07) is 2.04. The van der Waals surface area contributed by atoms with Gasteiger partial charge in [-0.3, -0.25) is 0 Å². The fourth-order valence-electron chi connectivity index (χ4n) is 4.17. The monoisotopic (exact) mass is 353 g/mol. The number of anilines is 1. The molecule has 0 radical (unpaired) electrons. The lowest BCUT2D eigenvalue weighted by Gasteiger charge is -2.39. The zero-order valence-corrected chi connectivity index (χ0v) is 17.1. The number of hydrogen-bond donors (Lipinski definition) is 0. The summed E-state index contributed by atoms with van der Waals surface area (Å²) in [5.74, 6) is 11.2. The molecule has 3 nitrogen and oxygen atoms in total. The van der Waals surface area contributed by atoms with Crippen LogP contribution in [0.1, 0.15) is 78.5 Å². The standard InChI is InChI=1S/C23H35N3/c1-5-18-15-20(16-18)17-19-9-13-26(14-10-19)22-8-12-24-21(25-22)7-11-23(3,4)6-2/h8,12,18-20H,5-6,9-10,13-17H2,1-4H3. The minimum Gasteiger partial charge on any atom is -0.356 e. The third-order valence-electron chi connectivity index (χ3n) is 6.55. The quantitative estimate of drug-likeness (QED) is 0.672. The van der Waals surface area contributed by atoms with E-state index in [1.54, 1.807) is 0 Å². The van der Waals surface area contributed by atoms with Crippen molar-refractivity contribution < 1.29 is 0 Å². The second-order valence-corrected chi connectivity index (χ2v) is 9.00. The molecule has 0 bridgehead atoms. The first-order valence-corrected chi connectivity index (χ1v) is 10.6. The summed E-state index contributed by atoms with van der Waals surface area (Å²) in [5, 5.41) is 0. The van der Waals surface area contributed by atoms with Crippen LogP contribution in [0.2, 0.25) is 0 Å². The molecule has 3 heteroatoms. The van der Waals surface area contributed by atoms with Crippen LogP contribution in [-0.4, -0.2) is 23.1 Å². The Morgan fingerprint density at radius 2 is 1.85 bits per heavy atom. The molecule has 1 aromatic heterocycles. The van der Waals surface area contributed by atoms with E-state index in [0.717, 1.165) is 43.1 Å². The van der Waals surface area contributed by atoms with Gasteiger partial charge in [-0.2, -0.15) is 0 Å². The van der Waals surface area contributed by atoms with Crippen molar-refractivity contribution in [1.29, 1.82) is 0 Å². The fraction of sp³-hybridized carbons (Fsp3) is 0.739. The SMILES string of the molecule is CCC1CC(CC2CCN(c3ccnc(C#CC(C)(C)CC)n3)CC2)C1. The second-order valence-electron chi connectivity index (χ2n) is 9.00. The largest absolute Gasteiger partial charge is 0.356 e. The van der Waals surface area contributed by atoms with Crippen molar-refractivity contribution in [1.82, 2.24) is 9.97 Å². The van der Waals surface area contributed by atoms with Gasteiger partial charge in [-0.15, -0.1) is 0 Å². The van der Waals surface area contributed by atoms with E-state index >= 15 is 0 Å². The van der Waals surface area contributed by atoms with Crippen molar-refractivity contribution in [3.8, 4) is 11.8 Å². The van der Waals surface area contributed by atoms with Gasteiger partial charge in [-0.1, -0.05) is 26.2 Å². The van der Waals surface area contributed by atoms with Crippen LogP contribution in [0, 0.1) is 35.0 Å². The molecule has 2 fully saturated rings. The highest BCUT2D eigenvalue weighted by atomic mass is 15.2. The molecule has 0 aromatic carbocycles. The molecular formula is C23H35N3. The summed E-state index contributed by atoms with van der Waals surface area (Å²) in [4.78, 5) is 11.5. The Labute approximate surface area is 160 Å². The van der Waals surface area contributed by atoms with Crippen LogP contribution in [0.5, 0.6) is 0 Å². The Bertz CT molecular complexity index is 641. The maximum Gasteiger partial charge on any atom is 0.206 e. The van der Waals surface area contributed by atoms with Crippen LogP contribution in [0.4, 0.5) is 5.82 Å². The summed E-state index contributed by atoms with van der Waals surface area (Å²) in [7, 11) is 0. The van der Waals surface area contributed by atoms with Gasteiger partial charge in [0.2, 0.25) is 5.82 Å². The molecular weight excluding hydrogens is 318 g/mol. The first-order chi connectivity index (χ1) is 12.5. The highest BCUT2D eigenvalue weighted by molar-refractivity contribution is 5.40. The van der Waals surface area contributed by atoms with Gasteiger partial charge in [0, 0.05) is 24.7 Å². The molecule has 3 rings (SSSR count). The molecule has 2 heterocycles. The summed E-state index contributed by atoms with van der Waals surface area (Å²) in [6.07, 6.45) is 11.3. The number of piperidine rings is 1. The van der Waals surface area contributed by atoms with Crippen LogP contribution in [-0.2, 0) is 0 Å². The first-order valence-electron chi connectivity index (χ1n) is 10.6. The lowest BCUT2D eigenvalue weighted by molar-refractivity contribution is 0.145. The normalized spacial score (nSPS) is 23.9. The molecule has 0 N–H and O–H groups in total. The number of nitrogens with zero attached hydrogens (tertiary/aromatic N) is 3. The predicted octanol–water partition coefficient (Wildman–Crippen LogP) is 5.31. The Balaban J connectivity index is 1.52. The van der Waals surface area contributed by atoms with Crippen LogP contribution in [0.25, 0.3) is 0 Å². The van der Waals surface area contributed by atoms with Crippen molar-refractivity contribution in [3.63, 3.8) is 0 Å². The Kier molecular flexibility index (Phi) is 6.22. The summed E-state index contributed by atoms with van der Waals surface area (Å²) in [5.41, 5.74) is 0.0238. The summed E-state index contributed by atoms with van der Waals surface area (Å²) >= 11 is 0. The summed E-state index contributed by atoms with van der Waals surface area (Å²) < 4.78 is 0. The highest BCUT2D eigenvalue weighted by Crippen LogP contribution is 2.41. The molecule has 142 valence electrons. The minimum absolute atomic E-state index is 0.0238. The molecule has 0 unspecified atom stereocenters. The van der Waals surface area contributed by atoms with Crippen LogP contribution >= 0.6 is 0 Å². The van der Waals surface area contributed by atoms with Crippen LogP contribution in [0.15, 0.2) is 12.3 Å². The van der Waals surface area contributed by atoms with E-state index in [4.69, 9.17) is 4.98 Å². The van der Waals surface area contributed by atoms with Crippen molar-refractivity contribution in [2.24, 2.45) is 23.2 Å². The predicted molar refractivity (Wildman–Crippen MR) is 109 cm³/mol. The van der Waals surface area contributed by atoms with E-state index in [-0.39, 0.29) is 5.41 Å². The first kappa shape index (κ1) is 19.2. The molecule has 1 aromatic rings. The topological polar surface area (TPSA) is 29.0 Å². The van der Waals surface area contributed by atoms with Crippen molar-refractivity contribution in [3.05, 3.63) is 18.1 Å². The Hall–Kier alpha value is -1.56. The van der Waals surface area contributed by atoms with Crippen LogP contribution < -0.4 is 4.90 Å². The maximum absolute atomic E-state index is 4.71. The van der Waals surface area contributed by atoms with Gasteiger partial charge < -0.3 is 4.90 Å². The van der Waals surface area contributed by atoms with Gasteiger partial charge in [0.1, 0.15) is 5.82 Å². The molecule has 0 spiro atoms. The maximum atomic E-state index is 4.71. The van der Waals surface area contributed by atoms with Crippen molar-refractivity contribution in [2.75, 3.05) is 18.0 Å². The average molecular weight is 354 g/mol. The molecule has 2 aliphatic rings. The number of hydrogen-bond acceptors (Lipinski definition) is 3. The number of rotatable bonds is 5. The molecule has 1 saturated heterocycles. The van der Waals surface area contributed by atoms with E-state index in [1.807, 2.05) is 12.3 Å². The minimum atomic E-state index is 0.0238. The van der Waals surface area contributed by atoms with E-state index in [0.29, 0.717) is 5.82 Å². The Morgan fingerprint density at radius 3 is 2.50 bits per heavy atom. The van der Waals surface area contributed by atoms with Gasteiger partial charge in [0.25, 0.3) is 0 Å². The average Bonchev–Trinajstić information content (AvgIpc) is 2.63. The molecule has 1 saturated carbocycles. The van der Waals surface area contributed by atoms with Gasteiger partial charge >= 0.3 is 0 Å². The van der Waals surface area contributed by atoms with Crippen LogP contribution in [0.3, 0.4) is 0 Å². The van der Waals surface area contributed by atoms with E-state index < -0.39 is 0 Å².